The number of ether oxygens (including phenoxy) is 2. The van der Waals surface area contributed by atoms with Gasteiger partial charge in [-0.3, -0.25) is 14.4 Å². The molecule has 0 saturated heterocycles. The zero-order valence-electron chi connectivity index (χ0n) is 22.4. The van der Waals surface area contributed by atoms with Gasteiger partial charge in [0.05, 0.1) is 0 Å². The fourth-order valence-corrected chi connectivity index (χ4v) is 7.06. The van der Waals surface area contributed by atoms with Gasteiger partial charge in [-0.2, -0.15) is 0 Å². The van der Waals surface area contributed by atoms with Crippen LogP contribution in [0.15, 0.2) is 24.3 Å². The van der Waals surface area contributed by atoms with Gasteiger partial charge in [0.25, 0.3) is 0 Å². The molecule has 1 fully saturated rings. The highest BCUT2D eigenvalue weighted by Crippen LogP contribution is 2.46. The van der Waals surface area contributed by atoms with E-state index in [4.69, 9.17) is 14.6 Å². The van der Waals surface area contributed by atoms with Crippen LogP contribution in [0.1, 0.15) is 73.4 Å². The number of carboxylic acid groups (broad SMARTS) is 1. The van der Waals surface area contributed by atoms with Crippen molar-refractivity contribution < 1.29 is 33.4 Å². The standard InChI is InChI=1S/C31H34FNO6/c1-31(2)7-5-19-11-18(14-23(32)27(19)31)15-24(34)28-21-3-4-25-29(39-10-9-38-25)22(21)6-8-33(28)30(37)20-12-17(13-20)16-26(35)36/h3-4,11,14,17,20,28H,5-10,12-13,15-16H2,1-2H3,(H,35,36). The number of rotatable bonds is 6. The van der Waals surface area contributed by atoms with Crippen LogP contribution in [0.3, 0.4) is 0 Å². The van der Waals surface area contributed by atoms with Gasteiger partial charge >= 0.3 is 5.97 Å². The number of ketones is 1. The number of carboxylic acids is 1. The lowest BCUT2D eigenvalue weighted by atomic mass is 9.72. The third kappa shape index (κ3) is 4.57. The second-order valence-electron chi connectivity index (χ2n) is 12.1. The molecule has 0 aromatic heterocycles. The van der Waals surface area contributed by atoms with Crippen LogP contribution < -0.4 is 9.47 Å². The predicted molar refractivity (Wildman–Crippen MR) is 141 cm³/mol. The molecule has 0 spiro atoms. The molecular weight excluding hydrogens is 501 g/mol. The Morgan fingerprint density at radius 1 is 1.10 bits per heavy atom. The molecule has 1 saturated carbocycles. The van der Waals surface area contributed by atoms with Gasteiger partial charge in [-0.15, -0.1) is 0 Å². The normalized spacial score (nSPS) is 24.4. The Morgan fingerprint density at radius 2 is 1.87 bits per heavy atom. The van der Waals surface area contributed by atoms with Crippen LogP contribution in [0.25, 0.3) is 0 Å². The maximum Gasteiger partial charge on any atom is 0.303 e. The second kappa shape index (κ2) is 9.65. The summed E-state index contributed by atoms with van der Waals surface area (Å²) in [5.74, 6) is -0.432. The van der Waals surface area contributed by atoms with Crippen LogP contribution in [-0.4, -0.2) is 47.4 Å². The molecule has 8 heteroatoms. The second-order valence-corrected chi connectivity index (χ2v) is 12.1. The van der Waals surface area contributed by atoms with E-state index in [1.54, 1.807) is 11.0 Å². The van der Waals surface area contributed by atoms with Crippen molar-refractivity contribution >= 4 is 17.7 Å². The summed E-state index contributed by atoms with van der Waals surface area (Å²) in [6.45, 7) is 5.32. The van der Waals surface area contributed by atoms with E-state index in [1.807, 2.05) is 26.0 Å². The summed E-state index contributed by atoms with van der Waals surface area (Å²) in [5, 5.41) is 9.10. The number of hydrogen-bond donors (Lipinski definition) is 1. The smallest absolute Gasteiger partial charge is 0.303 e. The van der Waals surface area contributed by atoms with Crippen molar-refractivity contribution in [2.45, 2.75) is 70.3 Å². The summed E-state index contributed by atoms with van der Waals surface area (Å²) < 4.78 is 26.9. The van der Waals surface area contributed by atoms with E-state index in [9.17, 15) is 14.4 Å². The molecule has 39 heavy (non-hydrogen) atoms. The number of benzene rings is 2. The van der Waals surface area contributed by atoms with Gasteiger partial charge in [0.2, 0.25) is 5.91 Å². The minimum Gasteiger partial charge on any atom is -0.486 e. The number of aliphatic carboxylic acids is 1. The molecule has 2 aromatic carbocycles. The van der Waals surface area contributed by atoms with E-state index < -0.39 is 12.0 Å². The maximum atomic E-state index is 15.2. The van der Waals surface area contributed by atoms with E-state index in [1.165, 1.54) is 6.07 Å². The van der Waals surface area contributed by atoms with Crippen molar-refractivity contribution in [3.8, 4) is 11.5 Å². The first-order valence-corrected chi connectivity index (χ1v) is 13.9. The lowest BCUT2D eigenvalue weighted by Crippen LogP contribution is -2.49. The lowest BCUT2D eigenvalue weighted by Gasteiger charge is -2.43. The van der Waals surface area contributed by atoms with E-state index in [2.05, 4.69) is 0 Å². The van der Waals surface area contributed by atoms with Crippen LogP contribution in [0.5, 0.6) is 11.5 Å². The molecule has 2 aliphatic carbocycles. The number of halogens is 1. The van der Waals surface area contributed by atoms with Gasteiger partial charge in [0, 0.05) is 30.9 Å². The first-order valence-electron chi connectivity index (χ1n) is 13.9. The number of amides is 1. The van der Waals surface area contributed by atoms with E-state index in [0.717, 1.165) is 35.1 Å². The van der Waals surface area contributed by atoms with Gasteiger partial charge in [-0.05, 0) is 77.8 Å². The summed E-state index contributed by atoms with van der Waals surface area (Å²) >= 11 is 0. The Bertz CT molecular complexity index is 1360. The quantitative estimate of drug-likeness (QED) is 0.583. The molecule has 206 valence electrons. The minimum absolute atomic E-state index is 0.0132. The number of nitrogens with zero attached hydrogens (tertiary/aromatic N) is 1. The van der Waals surface area contributed by atoms with Crippen LogP contribution in [0, 0.1) is 17.7 Å². The molecule has 2 aromatic rings. The van der Waals surface area contributed by atoms with Crippen molar-refractivity contribution in [3.63, 3.8) is 0 Å². The Labute approximate surface area is 227 Å². The fourth-order valence-electron chi connectivity index (χ4n) is 7.06. The third-order valence-corrected chi connectivity index (χ3v) is 9.00. The largest absolute Gasteiger partial charge is 0.486 e. The van der Waals surface area contributed by atoms with Gasteiger partial charge < -0.3 is 19.5 Å². The highest BCUT2D eigenvalue weighted by molar-refractivity contribution is 5.93. The number of carbonyl (C=O) groups is 3. The van der Waals surface area contributed by atoms with Crippen LogP contribution in [0.4, 0.5) is 4.39 Å². The van der Waals surface area contributed by atoms with Crippen LogP contribution in [-0.2, 0) is 39.1 Å². The average molecular weight is 536 g/mol. The van der Waals surface area contributed by atoms with Crippen molar-refractivity contribution in [2.75, 3.05) is 19.8 Å². The Kier molecular flexibility index (Phi) is 6.39. The maximum absolute atomic E-state index is 15.2. The van der Waals surface area contributed by atoms with Gasteiger partial charge in [0.15, 0.2) is 17.3 Å². The number of fused-ring (bicyclic) bond motifs is 4. The van der Waals surface area contributed by atoms with Crippen LogP contribution >= 0.6 is 0 Å². The minimum atomic E-state index is -0.859. The number of Topliss-reactive ketones (excluding diaryl/α,β-unsaturated/α-hetero) is 1. The molecule has 0 radical (unpaired) electrons. The Balaban J connectivity index is 1.31. The molecule has 1 atom stereocenters. The molecule has 0 bridgehead atoms. The molecule has 2 heterocycles. The predicted octanol–water partition coefficient (Wildman–Crippen LogP) is 4.56. The zero-order chi connectivity index (χ0) is 27.5. The highest BCUT2D eigenvalue weighted by Gasteiger charge is 2.44. The first kappa shape index (κ1) is 25.8. The average Bonchev–Trinajstić information content (AvgIpc) is 3.18. The van der Waals surface area contributed by atoms with Gasteiger partial charge in [-0.1, -0.05) is 26.0 Å². The Hall–Kier alpha value is -3.42. The highest BCUT2D eigenvalue weighted by atomic mass is 19.1. The topological polar surface area (TPSA) is 93.1 Å². The molecule has 4 aliphatic rings. The number of carbonyl (C=O) groups excluding carboxylic acids is 2. The monoisotopic (exact) mass is 535 g/mol. The molecule has 2 aliphatic heterocycles. The van der Waals surface area contributed by atoms with Crippen molar-refractivity contribution in [3.05, 3.63) is 57.9 Å². The SMILES string of the molecule is CC1(C)CCc2cc(CC(=O)C3c4ccc5c(c4CCN3C(=O)C3CC(CC(=O)O)C3)OCCO5)cc(F)c21. The molecular formula is C31H34FNO6. The van der Waals surface area contributed by atoms with Gasteiger partial charge in [0.1, 0.15) is 25.1 Å². The van der Waals surface area contributed by atoms with Crippen molar-refractivity contribution in [2.24, 2.45) is 11.8 Å². The van der Waals surface area contributed by atoms with Crippen molar-refractivity contribution in [1.82, 2.24) is 4.90 Å². The van der Waals surface area contributed by atoms with Crippen molar-refractivity contribution in [1.29, 1.82) is 0 Å². The molecule has 7 nitrogen and oxygen atoms in total. The molecule has 1 amide bonds. The van der Waals surface area contributed by atoms with E-state index in [-0.39, 0.29) is 47.6 Å². The number of aryl methyl sites for hydroxylation is 1. The molecule has 1 N–H and O–H groups in total. The van der Waals surface area contributed by atoms with Crippen LogP contribution in [0.2, 0.25) is 0 Å². The first-order chi connectivity index (χ1) is 18.6. The fraction of sp³-hybridized carbons (Fsp3) is 0.516. The third-order valence-electron chi connectivity index (χ3n) is 9.00. The van der Waals surface area contributed by atoms with E-state index in [0.29, 0.717) is 56.1 Å². The number of hydrogen-bond acceptors (Lipinski definition) is 5. The Morgan fingerprint density at radius 3 is 2.64 bits per heavy atom. The van der Waals surface area contributed by atoms with E-state index >= 15 is 4.39 Å². The molecule has 6 rings (SSSR count). The summed E-state index contributed by atoms with van der Waals surface area (Å²) in [6.07, 6.45) is 3.28. The van der Waals surface area contributed by atoms with Gasteiger partial charge in [-0.25, -0.2) is 4.39 Å². The summed E-state index contributed by atoms with van der Waals surface area (Å²) in [5.41, 5.74) is 3.70. The lowest BCUT2D eigenvalue weighted by molar-refractivity contribution is -0.149. The summed E-state index contributed by atoms with van der Waals surface area (Å²) in [7, 11) is 0. The summed E-state index contributed by atoms with van der Waals surface area (Å²) in [6, 6.07) is 6.26. The zero-order valence-corrected chi connectivity index (χ0v) is 22.4. The molecule has 1 unspecified atom stereocenters. The summed E-state index contributed by atoms with van der Waals surface area (Å²) in [4.78, 5) is 40.4.